The molecule has 1 N–H and O–H groups in total. The van der Waals surface area contributed by atoms with E-state index in [-0.39, 0.29) is 12.2 Å². The molecule has 0 radical (unpaired) electrons. The van der Waals surface area contributed by atoms with Gasteiger partial charge in [-0.2, -0.15) is 0 Å². The Bertz CT molecular complexity index is 1190. The molecule has 3 rings (SSSR count). The predicted octanol–water partition coefficient (Wildman–Crippen LogP) is 3.50. The number of benzene rings is 2. The molecule has 0 bridgehead atoms. The van der Waals surface area contributed by atoms with Crippen LogP contribution in [0.1, 0.15) is 18.1 Å². The number of amides is 4. The van der Waals surface area contributed by atoms with Gasteiger partial charge in [0, 0.05) is 5.56 Å². The summed E-state index contributed by atoms with van der Waals surface area (Å²) in [6.45, 7) is 6.12. The topological polar surface area (TPSA) is 94.2 Å². The van der Waals surface area contributed by atoms with Crippen LogP contribution in [0.5, 0.6) is 17.2 Å². The maximum absolute atomic E-state index is 13.2. The molecule has 0 atom stereocenters. The highest BCUT2D eigenvalue weighted by molar-refractivity contribution is 6.39. The first-order valence-electron chi connectivity index (χ1n) is 10.5. The van der Waals surface area contributed by atoms with Gasteiger partial charge in [0.1, 0.15) is 17.9 Å². The number of anilines is 1. The molecule has 1 fully saturated rings. The van der Waals surface area contributed by atoms with Crippen LogP contribution in [-0.2, 0) is 16.0 Å². The fourth-order valence-corrected chi connectivity index (χ4v) is 3.42. The maximum Gasteiger partial charge on any atom is 0.335 e. The molecule has 1 aliphatic heterocycles. The van der Waals surface area contributed by atoms with Crippen molar-refractivity contribution in [2.75, 3.05) is 25.2 Å². The van der Waals surface area contributed by atoms with Crippen LogP contribution in [0.4, 0.5) is 10.5 Å². The number of barbiturate groups is 1. The van der Waals surface area contributed by atoms with Crippen LogP contribution in [0.15, 0.2) is 54.6 Å². The summed E-state index contributed by atoms with van der Waals surface area (Å²) < 4.78 is 16.5. The van der Waals surface area contributed by atoms with E-state index >= 15 is 0 Å². The highest BCUT2D eigenvalue weighted by Gasteiger charge is 2.36. The average Bonchev–Trinajstić information content (AvgIpc) is 2.82. The standard InChI is InChI=1S/C26H24N2O6/c1-5-8-18-14-17(16-22(32-4)23(18)34-13-6-2)15-21-24(29)27-26(31)28(25(21)30)19-9-11-20(12-10-19)33-7-3/h2,5,9-12,14-16H,1,7-8,13H2,3-4H3,(H,27,29,31)/b21-15+. The number of terminal acetylenes is 1. The summed E-state index contributed by atoms with van der Waals surface area (Å²) in [6.07, 6.45) is 8.81. The summed E-state index contributed by atoms with van der Waals surface area (Å²) in [4.78, 5) is 39.1. The Hall–Kier alpha value is -4.51. The van der Waals surface area contributed by atoms with Crippen molar-refractivity contribution in [3.63, 3.8) is 0 Å². The number of hydrogen-bond acceptors (Lipinski definition) is 6. The minimum absolute atomic E-state index is 0.0426. The van der Waals surface area contributed by atoms with E-state index in [9.17, 15) is 14.4 Å². The van der Waals surface area contributed by atoms with Gasteiger partial charge in [0.25, 0.3) is 11.8 Å². The number of carbonyl (C=O) groups excluding carboxylic acids is 3. The van der Waals surface area contributed by atoms with Gasteiger partial charge in [-0.1, -0.05) is 12.0 Å². The number of carbonyl (C=O) groups is 3. The normalized spacial score (nSPS) is 14.4. The molecule has 1 saturated heterocycles. The van der Waals surface area contributed by atoms with Crippen molar-refractivity contribution >= 4 is 29.6 Å². The molecule has 8 nitrogen and oxygen atoms in total. The van der Waals surface area contributed by atoms with E-state index in [4.69, 9.17) is 20.6 Å². The van der Waals surface area contributed by atoms with Crippen LogP contribution in [0.25, 0.3) is 6.08 Å². The van der Waals surface area contributed by atoms with Crippen molar-refractivity contribution in [1.82, 2.24) is 5.32 Å². The number of nitrogens with one attached hydrogen (secondary N) is 1. The van der Waals surface area contributed by atoms with Crippen molar-refractivity contribution < 1.29 is 28.6 Å². The summed E-state index contributed by atoms with van der Waals surface area (Å²) >= 11 is 0. The molecule has 34 heavy (non-hydrogen) atoms. The van der Waals surface area contributed by atoms with Gasteiger partial charge in [0.05, 0.1) is 19.4 Å². The highest BCUT2D eigenvalue weighted by Crippen LogP contribution is 2.35. The molecular formula is C26H24N2O6. The minimum Gasteiger partial charge on any atom is -0.494 e. The van der Waals surface area contributed by atoms with E-state index in [1.807, 2.05) is 6.92 Å². The van der Waals surface area contributed by atoms with E-state index in [1.54, 1.807) is 42.5 Å². The molecule has 2 aromatic carbocycles. The number of nitrogens with zero attached hydrogens (tertiary/aromatic N) is 1. The molecule has 1 aliphatic rings. The number of methoxy groups -OCH3 is 1. The van der Waals surface area contributed by atoms with Crippen molar-refractivity contribution in [1.29, 1.82) is 0 Å². The van der Waals surface area contributed by atoms with Crippen LogP contribution >= 0.6 is 0 Å². The Labute approximate surface area is 197 Å². The molecule has 0 saturated carbocycles. The molecule has 0 spiro atoms. The molecule has 4 amide bonds. The lowest BCUT2D eigenvalue weighted by Gasteiger charge is -2.26. The molecule has 0 aromatic heterocycles. The van der Waals surface area contributed by atoms with E-state index in [1.165, 1.54) is 13.2 Å². The summed E-state index contributed by atoms with van der Waals surface area (Å²) in [5.41, 5.74) is 1.30. The SMILES string of the molecule is C#CCOc1c(CC=C)cc(/C=C2\C(=O)NC(=O)N(c3ccc(OCC)cc3)C2=O)cc1OC. The Balaban J connectivity index is 2.02. The summed E-state index contributed by atoms with van der Waals surface area (Å²) in [5.74, 6) is 2.28. The van der Waals surface area contributed by atoms with Crippen LogP contribution in [0, 0.1) is 12.3 Å². The molecule has 2 aromatic rings. The van der Waals surface area contributed by atoms with Gasteiger partial charge < -0.3 is 14.2 Å². The van der Waals surface area contributed by atoms with Crippen LogP contribution < -0.4 is 24.4 Å². The fraction of sp³-hybridized carbons (Fsp3) is 0.192. The lowest BCUT2D eigenvalue weighted by atomic mass is 10.0. The highest BCUT2D eigenvalue weighted by atomic mass is 16.5. The van der Waals surface area contributed by atoms with E-state index in [0.29, 0.717) is 47.1 Å². The van der Waals surface area contributed by atoms with E-state index in [0.717, 1.165) is 4.90 Å². The zero-order valence-corrected chi connectivity index (χ0v) is 18.9. The third kappa shape index (κ3) is 5.10. The molecule has 8 heteroatoms. The van der Waals surface area contributed by atoms with Crippen LogP contribution in [-0.4, -0.2) is 38.2 Å². The van der Waals surface area contributed by atoms with Crippen LogP contribution in [0.2, 0.25) is 0 Å². The van der Waals surface area contributed by atoms with Gasteiger partial charge >= 0.3 is 6.03 Å². The van der Waals surface area contributed by atoms with Crippen molar-refractivity contribution in [3.8, 4) is 29.6 Å². The zero-order chi connectivity index (χ0) is 24.7. The Morgan fingerprint density at radius 2 is 1.88 bits per heavy atom. The van der Waals surface area contributed by atoms with Crippen molar-refractivity contribution in [2.45, 2.75) is 13.3 Å². The van der Waals surface area contributed by atoms with Gasteiger partial charge in [-0.3, -0.25) is 14.9 Å². The monoisotopic (exact) mass is 460 g/mol. The molecular weight excluding hydrogens is 436 g/mol. The lowest BCUT2D eigenvalue weighted by molar-refractivity contribution is -0.122. The quantitative estimate of drug-likeness (QED) is 0.266. The number of rotatable bonds is 9. The maximum atomic E-state index is 13.2. The first kappa shape index (κ1) is 24.1. The summed E-state index contributed by atoms with van der Waals surface area (Å²) in [6, 6.07) is 8.93. The lowest BCUT2D eigenvalue weighted by Crippen LogP contribution is -2.54. The minimum atomic E-state index is -0.834. The van der Waals surface area contributed by atoms with Gasteiger partial charge in [-0.25, -0.2) is 9.69 Å². The Kier molecular flexibility index (Phi) is 7.72. The van der Waals surface area contributed by atoms with Crippen molar-refractivity contribution in [3.05, 3.63) is 65.8 Å². The predicted molar refractivity (Wildman–Crippen MR) is 128 cm³/mol. The van der Waals surface area contributed by atoms with Crippen molar-refractivity contribution in [2.24, 2.45) is 0 Å². The number of imide groups is 2. The summed E-state index contributed by atoms with van der Waals surface area (Å²) in [7, 11) is 1.47. The van der Waals surface area contributed by atoms with E-state index in [2.05, 4.69) is 17.8 Å². The first-order valence-corrected chi connectivity index (χ1v) is 10.5. The Morgan fingerprint density at radius 3 is 2.50 bits per heavy atom. The molecule has 1 heterocycles. The molecule has 174 valence electrons. The first-order chi connectivity index (χ1) is 16.4. The zero-order valence-electron chi connectivity index (χ0n) is 18.9. The third-order valence-electron chi connectivity index (χ3n) is 4.86. The second-order valence-corrected chi connectivity index (χ2v) is 7.08. The average molecular weight is 460 g/mol. The second-order valence-electron chi connectivity index (χ2n) is 7.08. The van der Waals surface area contributed by atoms with Crippen LogP contribution in [0.3, 0.4) is 0 Å². The number of urea groups is 1. The van der Waals surface area contributed by atoms with Gasteiger partial charge in [-0.05, 0) is 61.4 Å². The molecule has 0 aliphatic carbocycles. The third-order valence-corrected chi connectivity index (χ3v) is 4.86. The number of allylic oxidation sites excluding steroid dienone is 1. The van der Waals surface area contributed by atoms with Gasteiger partial charge in [-0.15, -0.1) is 13.0 Å². The van der Waals surface area contributed by atoms with Gasteiger partial charge in [0.15, 0.2) is 11.5 Å². The fourth-order valence-electron chi connectivity index (χ4n) is 3.42. The second kappa shape index (κ2) is 10.9. The Morgan fingerprint density at radius 1 is 1.15 bits per heavy atom. The largest absolute Gasteiger partial charge is 0.494 e. The van der Waals surface area contributed by atoms with E-state index < -0.39 is 17.8 Å². The number of hydrogen-bond donors (Lipinski definition) is 1. The molecule has 0 unspecified atom stereocenters. The smallest absolute Gasteiger partial charge is 0.335 e. The van der Waals surface area contributed by atoms with Gasteiger partial charge in [0.2, 0.25) is 0 Å². The number of ether oxygens (including phenoxy) is 3. The summed E-state index contributed by atoms with van der Waals surface area (Å²) in [5, 5.41) is 2.21.